The molecule has 0 aliphatic carbocycles. The summed E-state index contributed by atoms with van der Waals surface area (Å²) in [5.41, 5.74) is 6.79. The fourth-order valence-corrected chi connectivity index (χ4v) is 2.91. The molecule has 0 radical (unpaired) electrons. The number of aromatic nitrogens is 2. The first kappa shape index (κ1) is 15.6. The Morgan fingerprint density at radius 3 is 2.17 bits per heavy atom. The van der Waals surface area contributed by atoms with Gasteiger partial charge >= 0.3 is 0 Å². The van der Waals surface area contributed by atoms with Gasteiger partial charge in [0.2, 0.25) is 0 Å². The minimum atomic E-state index is -0.0350. The molecule has 0 saturated carbocycles. The molecule has 1 N–H and O–H groups in total. The molecule has 2 heterocycles. The van der Waals surface area contributed by atoms with Gasteiger partial charge in [0, 0.05) is 16.8 Å². The fraction of sp³-hybridized carbons (Fsp3) is 0.350. The topological polar surface area (TPSA) is 29.3 Å². The van der Waals surface area contributed by atoms with Gasteiger partial charge in [0.25, 0.3) is 0 Å². The molecule has 23 heavy (non-hydrogen) atoms. The van der Waals surface area contributed by atoms with Crippen molar-refractivity contribution in [3.05, 3.63) is 53.2 Å². The number of nitrogens with zero attached hydrogens (tertiary/aromatic N) is 2. The molecule has 3 nitrogen and oxygen atoms in total. The Hall–Kier alpha value is -2.29. The first-order chi connectivity index (χ1) is 10.7. The Morgan fingerprint density at radius 1 is 0.913 bits per heavy atom. The van der Waals surface area contributed by atoms with E-state index in [9.17, 15) is 0 Å². The van der Waals surface area contributed by atoms with E-state index in [1.54, 1.807) is 0 Å². The maximum Gasteiger partial charge on any atom is 0.139 e. The van der Waals surface area contributed by atoms with E-state index in [0.29, 0.717) is 0 Å². The molecule has 0 unspecified atom stereocenters. The number of imidazole rings is 1. The molecule has 0 bridgehead atoms. The highest BCUT2D eigenvalue weighted by Gasteiger charge is 2.20. The van der Waals surface area contributed by atoms with Gasteiger partial charge in [-0.15, -0.1) is 0 Å². The highest BCUT2D eigenvalue weighted by molar-refractivity contribution is 5.77. The van der Waals surface area contributed by atoms with Crippen LogP contribution in [0.5, 0.6) is 0 Å². The third kappa shape index (κ3) is 3.09. The predicted octanol–water partition coefficient (Wildman–Crippen LogP) is 5.14. The standard InChI is InChI=1S/C20H25N3/c1-13-7-9-16(10-8-13)18-19(22-20(4,5)6)23-15(3)11-14(2)12-17(23)21-18/h7-12,22H,1-6H3. The monoisotopic (exact) mass is 307 g/mol. The Balaban J connectivity index is 2.29. The van der Waals surface area contributed by atoms with E-state index in [2.05, 4.69) is 87.7 Å². The highest BCUT2D eigenvalue weighted by atomic mass is 15.2. The lowest BCUT2D eigenvalue weighted by Crippen LogP contribution is -2.27. The number of hydrogen-bond donors (Lipinski definition) is 1. The minimum Gasteiger partial charge on any atom is -0.365 e. The normalized spacial score (nSPS) is 11.9. The quantitative estimate of drug-likeness (QED) is 0.710. The van der Waals surface area contributed by atoms with Gasteiger partial charge < -0.3 is 5.32 Å². The summed E-state index contributed by atoms with van der Waals surface area (Å²) in [7, 11) is 0. The average molecular weight is 307 g/mol. The van der Waals surface area contributed by atoms with Gasteiger partial charge in [0.05, 0.1) is 0 Å². The molecule has 120 valence electrons. The molecule has 3 rings (SSSR count). The summed E-state index contributed by atoms with van der Waals surface area (Å²) in [6.07, 6.45) is 0. The van der Waals surface area contributed by atoms with Gasteiger partial charge in [0.15, 0.2) is 0 Å². The molecular formula is C20H25N3. The summed E-state index contributed by atoms with van der Waals surface area (Å²) in [5.74, 6) is 1.06. The van der Waals surface area contributed by atoms with Crippen molar-refractivity contribution in [2.45, 2.75) is 47.1 Å². The second-order valence-electron chi connectivity index (χ2n) is 7.42. The van der Waals surface area contributed by atoms with Crippen LogP contribution in [-0.4, -0.2) is 14.9 Å². The molecule has 0 aliphatic heterocycles. The molecule has 0 spiro atoms. The number of nitrogens with one attached hydrogen (secondary N) is 1. The van der Waals surface area contributed by atoms with Gasteiger partial charge in [0.1, 0.15) is 17.2 Å². The van der Waals surface area contributed by atoms with Crippen molar-refractivity contribution in [3.8, 4) is 11.3 Å². The van der Waals surface area contributed by atoms with Crippen molar-refractivity contribution in [3.63, 3.8) is 0 Å². The molecule has 3 aromatic rings. The summed E-state index contributed by atoms with van der Waals surface area (Å²) in [6, 6.07) is 12.9. The average Bonchev–Trinajstić information content (AvgIpc) is 2.76. The molecule has 1 aromatic carbocycles. The third-order valence-electron chi connectivity index (χ3n) is 3.87. The van der Waals surface area contributed by atoms with Gasteiger partial charge in [-0.25, -0.2) is 4.98 Å². The number of aryl methyl sites for hydroxylation is 3. The van der Waals surface area contributed by atoms with Gasteiger partial charge in [-0.2, -0.15) is 0 Å². The second-order valence-corrected chi connectivity index (χ2v) is 7.42. The molecular weight excluding hydrogens is 282 g/mol. The van der Waals surface area contributed by atoms with Gasteiger partial charge in [-0.05, 0) is 59.2 Å². The van der Waals surface area contributed by atoms with Crippen molar-refractivity contribution in [1.29, 1.82) is 0 Å². The number of pyridine rings is 1. The van der Waals surface area contributed by atoms with Crippen LogP contribution in [-0.2, 0) is 0 Å². The van der Waals surface area contributed by atoms with Crippen molar-refractivity contribution in [2.24, 2.45) is 0 Å². The number of hydrogen-bond acceptors (Lipinski definition) is 2. The summed E-state index contributed by atoms with van der Waals surface area (Å²) in [5, 5.41) is 3.65. The Kier molecular flexibility index (Phi) is 3.67. The van der Waals surface area contributed by atoms with E-state index in [1.165, 1.54) is 16.8 Å². The van der Waals surface area contributed by atoms with E-state index >= 15 is 0 Å². The van der Waals surface area contributed by atoms with Crippen LogP contribution < -0.4 is 5.32 Å². The van der Waals surface area contributed by atoms with Crippen LogP contribution in [0.15, 0.2) is 36.4 Å². The number of anilines is 1. The van der Waals surface area contributed by atoms with E-state index in [-0.39, 0.29) is 5.54 Å². The van der Waals surface area contributed by atoms with Crippen molar-refractivity contribution >= 4 is 11.5 Å². The SMILES string of the molecule is Cc1ccc(-c2nc3cc(C)cc(C)n3c2NC(C)(C)C)cc1. The predicted molar refractivity (Wildman–Crippen MR) is 98.2 cm³/mol. The maximum atomic E-state index is 4.92. The molecule has 0 atom stereocenters. The van der Waals surface area contributed by atoms with Crippen LogP contribution in [0.4, 0.5) is 5.82 Å². The highest BCUT2D eigenvalue weighted by Crippen LogP contribution is 2.32. The lowest BCUT2D eigenvalue weighted by Gasteiger charge is -2.23. The maximum absolute atomic E-state index is 4.92. The molecule has 3 heteroatoms. The van der Waals surface area contributed by atoms with Crippen LogP contribution in [0.2, 0.25) is 0 Å². The Labute approximate surface area is 138 Å². The van der Waals surface area contributed by atoms with E-state index in [0.717, 1.165) is 22.7 Å². The largest absolute Gasteiger partial charge is 0.365 e. The fourth-order valence-electron chi connectivity index (χ4n) is 2.91. The van der Waals surface area contributed by atoms with Crippen molar-refractivity contribution < 1.29 is 0 Å². The zero-order chi connectivity index (χ0) is 16.8. The molecule has 0 fully saturated rings. The van der Waals surface area contributed by atoms with Crippen LogP contribution >= 0.6 is 0 Å². The number of benzene rings is 1. The summed E-state index contributed by atoms with van der Waals surface area (Å²) < 4.78 is 2.22. The first-order valence-electron chi connectivity index (χ1n) is 8.09. The molecule has 0 aliphatic rings. The Morgan fingerprint density at radius 2 is 1.57 bits per heavy atom. The zero-order valence-electron chi connectivity index (χ0n) is 14.9. The van der Waals surface area contributed by atoms with Gasteiger partial charge in [-0.3, -0.25) is 4.40 Å². The molecule has 0 amide bonds. The lowest BCUT2D eigenvalue weighted by atomic mass is 10.1. The summed E-state index contributed by atoms with van der Waals surface area (Å²) in [4.78, 5) is 4.92. The lowest BCUT2D eigenvalue weighted by molar-refractivity contribution is 0.629. The summed E-state index contributed by atoms with van der Waals surface area (Å²) >= 11 is 0. The number of rotatable bonds is 2. The number of fused-ring (bicyclic) bond motifs is 1. The van der Waals surface area contributed by atoms with E-state index < -0.39 is 0 Å². The van der Waals surface area contributed by atoms with Crippen molar-refractivity contribution in [2.75, 3.05) is 5.32 Å². The van der Waals surface area contributed by atoms with E-state index in [1.807, 2.05) is 0 Å². The zero-order valence-corrected chi connectivity index (χ0v) is 14.9. The van der Waals surface area contributed by atoms with Crippen LogP contribution in [0.3, 0.4) is 0 Å². The molecule has 2 aromatic heterocycles. The first-order valence-corrected chi connectivity index (χ1v) is 8.09. The minimum absolute atomic E-state index is 0.0350. The second kappa shape index (κ2) is 5.41. The van der Waals surface area contributed by atoms with Crippen LogP contribution in [0, 0.1) is 20.8 Å². The summed E-state index contributed by atoms with van der Waals surface area (Å²) in [6.45, 7) is 12.9. The van der Waals surface area contributed by atoms with Crippen LogP contribution in [0.25, 0.3) is 16.9 Å². The van der Waals surface area contributed by atoms with Crippen molar-refractivity contribution in [1.82, 2.24) is 9.38 Å². The van der Waals surface area contributed by atoms with Crippen LogP contribution in [0.1, 0.15) is 37.6 Å². The third-order valence-corrected chi connectivity index (χ3v) is 3.87. The Bertz CT molecular complexity index is 849. The molecule has 0 saturated heterocycles. The smallest absolute Gasteiger partial charge is 0.139 e. The van der Waals surface area contributed by atoms with Gasteiger partial charge in [-0.1, -0.05) is 29.8 Å². The van der Waals surface area contributed by atoms with E-state index in [4.69, 9.17) is 4.98 Å².